The van der Waals surface area contributed by atoms with Gasteiger partial charge < -0.3 is 14.7 Å². The molecule has 0 amide bonds. The maximum atomic E-state index is 5.51. The van der Waals surface area contributed by atoms with E-state index in [1.165, 1.54) is 0 Å². The summed E-state index contributed by atoms with van der Waals surface area (Å²) in [6, 6.07) is 31.0. The van der Waals surface area contributed by atoms with E-state index in [0.29, 0.717) is 0 Å². The van der Waals surface area contributed by atoms with Crippen LogP contribution in [-0.4, -0.2) is 27.0 Å². The number of aromatic amines is 2. The molecule has 5 heterocycles. The third-order valence-corrected chi connectivity index (χ3v) is 6.82. The zero-order chi connectivity index (χ0) is 25.5. The van der Waals surface area contributed by atoms with Crippen LogP contribution in [0.25, 0.3) is 68.6 Å². The van der Waals surface area contributed by atoms with Gasteiger partial charge in [0.15, 0.2) is 0 Å². The van der Waals surface area contributed by atoms with Crippen molar-refractivity contribution in [3.05, 3.63) is 114 Å². The minimum atomic E-state index is 0.803. The molecule has 7 rings (SSSR count). The normalized spacial score (nSPS) is 12.1. The highest BCUT2D eigenvalue weighted by Crippen LogP contribution is 2.33. The lowest BCUT2D eigenvalue weighted by atomic mass is 10.0. The topological polar surface area (TPSA) is 66.6 Å². The van der Waals surface area contributed by atoms with Crippen molar-refractivity contribution in [2.75, 3.05) is 7.11 Å². The summed E-state index contributed by atoms with van der Waals surface area (Å²) >= 11 is 0. The van der Waals surface area contributed by atoms with E-state index in [-0.39, 0.29) is 0 Å². The molecule has 0 saturated carbocycles. The largest absolute Gasteiger partial charge is 0.497 e. The summed E-state index contributed by atoms with van der Waals surface area (Å²) in [4.78, 5) is 17.2. The Balaban J connectivity index is 1.56. The molecular formula is C33H24N4O. The Bertz CT molecular complexity index is 1910. The Morgan fingerprint density at radius 3 is 1.74 bits per heavy atom. The minimum absolute atomic E-state index is 0.803. The van der Waals surface area contributed by atoms with Crippen LogP contribution in [0, 0.1) is 0 Å². The number of benzene rings is 2. The number of ether oxygens (including phenoxy) is 1. The molecule has 2 aliphatic rings. The molecule has 0 spiro atoms. The number of methoxy groups -OCH3 is 1. The molecule has 0 aliphatic carbocycles. The van der Waals surface area contributed by atoms with Crippen molar-refractivity contribution in [1.82, 2.24) is 19.9 Å². The van der Waals surface area contributed by atoms with E-state index in [0.717, 1.165) is 72.8 Å². The lowest BCUT2D eigenvalue weighted by Gasteiger charge is -2.06. The molecule has 5 nitrogen and oxygen atoms in total. The molecule has 3 aromatic heterocycles. The van der Waals surface area contributed by atoms with Crippen molar-refractivity contribution in [3.8, 4) is 28.0 Å². The second kappa shape index (κ2) is 9.05. The molecule has 0 atom stereocenters. The molecule has 0 radical (unpaired) electrons. The van der Waals surface area contributed by atoms with E-state index >= 15 is 0 Å². The van der Waals surface area contributed by atoms with E-state index in [4.69, 9.17) is 14.7 Å². The molecule has 2 aliphatic heterocycles. The fourth-order valence-electron chi connectivity index (χ4n) is 5.06. The van der Waals surface area contributed by atoms with Gasteiger partial charge in [-0.15, -0.1) is 0 Å². The van der Waals surface area contributed by atoms with E-state index in [9.17, 15) is 0 Å². The van der Waals surface area contributed by atoms with Crippen molar-refractivity contribution in [3.63, 3.8) is 0 Å². The predicted octanol–water partition coefficient (Wildman–Crippen LogP) is 8.00. The summed E-state index contributed by atoms with van der Waals surface area (Å²) in [5.41, 5.74) is 11.7. The quantitative estimate of drug-likeness (QED) is 0.263. The van der Waals surface area contributed by atoms with Crippen LogP contribution in [0.2, 0.25) is 0 Å². The third-order valence-electron chi connectivity index (χ3n) is 6.82. The fraction of sp³-hybridized carbons (Fsp3) is 0.0303. The van der Waals surface area contributed by atoms with Gasteiger partial charge in [0, 0.05) is 33.2 Å². The Morgan fingerprint density at radius 1 is 0.553 bits per heavy atom. The summed E-state index contributed by atoms with van der Waals surface area (Å²) in [6.07, 6.45) is 8.26. The van der Waals surface area contributed by atoms with Crippen LogP contribution in [0.3, 0.4) is 0 Å². The highest BCUT2D eigenvalue weighted by Gasteiger charge is 2.13. The average molecular weight is 493 g/mol. The number of nitrogens with zero attached hydrogens (tertiary/aromatic N) is 2. The predicted molar refractivity (Wildman–Crippen MR) is 156 cm³/mol. The molecule has 2 aromatic carbocycles. The summed E-state index contributed by atoms with van der Waals surface area (Å²) in [6.45, 7) is 0. The molecule has 8 bridgehead atoms. The SMILES string of the molecule is COc1cccc(-c2c3nc(cc4ccc([nH]4)c(-c4ccccc4)c4nc(cc5ccc2[nH]5)C=C4)C=C3)c1. The van der Waals surface area contributed by atoms with Crippen LogP contribution < -0.4 is 4.74 Å². The lowest BCUT2D eigenvalue weighted by Crippen LogP contribution is -1.87. The van der Waals surface area contributed by atoms with Gasteiger partial charge in [0.25, 0.3) is 0 Å². The monoisotopic (exact) mass is 492 g/mol. The van der Waals surface area contributed by atoms with Crippen LogP contribution in [-0.2, 0) is 0 Å². The van der Waals surface area contributed by atoms with Crippen molar-refractivity contribution in [2.24, 2.45) is 0 Å². The first-order valence-electron chi connectivity index (χ1n) is 12.5. The summed E-state index contributed by atoms with van der Waals surface area (Å²) in [5, 5.41) is 0. The molecule has 0 fully saturated rings. The van der Waals surface area contributed by atoms with E-state index in [1.807, 2.05) is 24.3 Å². The zero-order valence-electron chi connectivity index (χ0n) is 20.8. The van der Waals surface area contributed by atoms with Crippen molar-refractivity contribution >= 4 is 46.4 Å². The summed E-state index contributed by atoms with van der Waals surface area (Å²) in [7, 11) is 1.69. The molecular weight excluding hydrogens is 468 g/mol. The van der Waals surface area contributed by atoms with E-state index in [1.54, 1.807) is 7.11 Å². The number of hydrogen-bond donors (Lipinski definition) is 2. The minimum Gasteiger partial charge on any atom is -0.497 e. The first-order valence-corrected chi connectivity index (χ1v) is 12.5. The second-order valence-corrected chi connectivity index (χ2v) is 9.30. The number of H-pyrrole nitrogens is 2. The van der Waals surface area contributed by atoms with Crippen LogP contribution in [0.5, 0.6) is 5.75 Å². The van der Waals surface area contributed by atoms with E-state index < -0.39 is 0 Å². The van der Waals surface area contributed by atoms with Gasteiger partial charge in [0.1, 0.15) is 5.75 Å². The third kappa shape index (κ3) is 4.00. The number of nitrogens with one attached hydrogen (secondary N) is 2. The summed E-state index contributed by atoms with van der Waals surface area (Å²) in [5.74, 6) is 0.803. The first kappa shape index (κ1) is 22.1. The number of aromatic nitrogens is 4. The summed E-state index contributed by atoms with van der Waals surface area (Å²) < 4.78 is 5.51. The van der Waals surface area contributed by atoms with Gasteiger partial charge >= 0.3 is 0 Å². The van der Waals surface area contributed by atoms with Crippen LogP contribution in [0.1, 0.15) is 22.8 Å². The molecule has 0 saturated heterocycles. The van der Waals surface area contributed by atoms with Crippen LogP contribution in [0.4, 0.5) is 0 Å². The van der Waals surface area contributed by atoms with Gasteiger partial charge in [-0.1, -0.05) is 42.5 Å². The van der Waals surface area contributed by atoms with Gasteiger partial charge in [-0.3, -0.25) is 0 Å². The van der Waals surface area contributed by atoms with Crippen LogP contribution >= 0.6 is 0 Å². The van der Waals surface area contributed by atoms with Crippen molar-refractivity contribution in [2.45, 2.75) is 0 Å². The highest BCUT2D eigenvalue weighted by atomic mass is 16.5. The number of hydrogen-bond acceptors (Lipinski definition) is 3. The van der Waals surface area contributed by atoms with Gasteiger partial charge in [-0.2, -0.15) is 0 Å². The molecule has 5 aromatic rings. The second-order valence-electron chi connectivity index (χ2n) is 9.30. The fourth-order valence-corrected chi connectivity index (χ4v) is 5.06. The van der Waals surface area contributed by atoms with Gasteiger partial charge in [-0.05, 0) is 84.0 Å². The Hall–Kier alpha value is -5.16. The zero-order valence-corrected chi connectivity index (χ0v) is 20.8. The van der Waals surface area contributed by atoms with Crippen molar-refractivity contribution < 1.29 is 4.74 Å². The maximum Gasteiger partial charge on any atom is 0.119 e. The van der Waals surface area contributed by atoms with E-state index in [2.05, 4.69) is 101 Å². The first-order chi connectivity index (χ1) is 18.7. The van der Waals surface area contributed by atoms with Crippen molar-refractivity contribution in [1.29, 1.82) is 0 Å². The average Bonchev–Trinajstić information content (AvgIpc) is 3.76. The Kier molecular flexibility index (Phi) is 5.26. The molecule has 5 heteroatoms. The molecule has 2 N–H and O–H groups in total. The standard InChI is InChI=1S/C33H24N4O/c1-38-27-9-5-8-22(18-27)33-30-16-12-25(36-30)19-23-10-14-28(34-23)32(21-6-3-2-4-7-21)29-15-11-24(35-29)20-26-13-17-31(33)37-26/h2-20,34,37H,1H3. The van der Waals surface area contributed by atoms with Gasteiger partial charge in [0.05, 0.1) is 29.9 Å². The smallest absolute Gasteiger partial charge is 0.119 e. The Labute approximate surface area is 219 Å². The van der Waals surface area contributed by atoms with Gasteiger partial charge in [-0.25, -0.2) is 9.97 Å². The molecule has 182 valence electrons. The van der Waals surface area contributed by atoms with Gasteiger partial charge in [0.2, 0.25) is 0 Å². The van der Waals surface area contributed by atoms with Crippen LogP contribution in [0.15, 0.2) is 91.0 Å². The number of fused-ring (bicyclic) bond motifs is 8. The Morgan fingerprint density at radius 2 is 1.13 bits per heavy atom. The maximum absolute atomic E-state index is 5.51. The molecule has 0 unspecified atom stereocenters. The lowest BCUT2D eigenvalue weighted by molar-refractivity contribution is 0.415. The molecule has 38 heavy (non-hydrogen) atoms. The highest BCUT2D eigenvalue weighted by molar-refractivity contribution is 5.93. The number of rotatable bonds is 3.